The van der Waals surface area contributed by atoms with Crippen LogP contribution in [0.4, 0.5) is 0 Å². The molecular weight excluding hydrogens is 204 g/mol. The quantitative estimate of drug-likeness (QED) is 0.410. The summed E-state index contributed by atoms with van der Waals surface area (Å²) in [5.41, 5.74) is 0. The van der Waals surface area contributed by atoms with E-state index in [1.165, 1.54) is 0 Å². The Morgan fingerprint density at radius 3 is 3.29 bits per heavy atom. The van der Waals surface area contributed by atoms with E-state index in [9.17, 15) is 4.79 Å². The Morgan fingerprint density at radius 2 is 2.57 bits per heavy atom. The van der Waals surface area contributed by atoms with E-state index in [-0.39, 0.29) is 5.97 Å². The number of carbonyl (C=O) groups excluding carboxylic acids is 1. The molecule has 76 valence electrons. The Hall–Kier alpha value is -0.960. The molecule has 0 aromatic rings. The molecule has 1 heterocycles. The van der Waals surface area contributed by atoms with Crippen LogP contribution < -0.4 is 0 Å². The average molecular weight is 215 g/mol. The lowest BCUT2D eigenvalue weighted by Gasteiger charge is -2.13. The lowest BCUT2D eigenvalue weighted by atomic mass is 10.0. The number of hydrogen-bond acceptors (Lipinski definition) is 3. The molecule has 0 aromatic carbocycles. The highest BCUT2D eigenvalue weighted by atomic mass is 35.5. The average Bonchev–Trinajstić information content (AvgIpc) is 2.85. The summed E-state index contributed by atoms with van der Waals surface area (Å²) in [5, 5.41) is -0.945. The molecular formula is C10H11ClO3. The van der Waals surface area contributed by atoms with Gasteiger partial charge < -0.3 is 9.47 Å². The molecule has 0 N–H and O–H groups in total. The highest BCUT2D eigenvalue weighted by molar-refractivity contribution is 6.28. The number of fused-ring (bicyclic) bond motifs is 1. The SMILES string of the molecule is CCCOC(=O)C1C=CC=C2OC21Cl. The first-order chi connectivity index (χ1) is 6.68. The van der Waals surface area contributed by atoms with Crippen molar-refractivity contribution in [3.8, 4) is 0 Å². The molecule has 1 fully saturated rings. The Kier molecular flexibility index (Phi) is 2.27. The maximum Gasteiger partial charge on any atom is 0.318 e. The largest absolute Gasteiger partial charge is 0.465 e. The van der Waals surface area contributed by atoms with Crippen molar-refractivity contribution in [1.82, 2.24) is 0 Å². The van der Waals surface area contributed by atoms with E-state index in [2.05, 4.69) is 0 Å². The molecule has 2 aliphatic rings. The monoisotopic (exact) mass is 214 g/mol. The van der Waals surface area contributed by atoms with Gasteiger partial charge in [-0.05, 0) is 12.5 Å². The van der Waals surface area contributed by atoms with Gasteiger partial charge in [0.2, 0.25) is 0 Å². The van der Waals surface area contributed by atoms with Gasteiger partial charge in [0, 0.05) is 0 Å². The number of ether oxygens (including phenoxy) is 2. The fraction of sp³-hybridized carbons (Fsp3) is 0.500. The van der Waals surface area contributed by atoms with E-state index >= 15 is 0 Å². The second-order valence-corrected chi connectivity index (χ2v) is 3.87. The van der Waals surface area contributed by atoms with Crippen LogP contribution in [0.1, 0.15) is 13.3 Å². The van der Waals surface area contributed by atoms with Crippen LogP contribution in [0.15, 0.2) is 24.0 Å². The maximum atomic E-state index is 11.5. The van der Waals surface area contributed by atoms with Crippen LogP contribution in [0.2, 0.25) is 0 Å². The van der Waals surface area contributed by atoms with Crippen molar-refractivity contribution in [1.29, 1.82) is 0 Å². The molecule has 3 nitrogen and oxygen atoms in total. The predicted octanol–water partition coefficient (Wildman–Crippen LogP) is 1.97. The van der Waals surface area contributed by atoms with Gasteiger partial charge in [0.25, 0.3) is 5.06 Å². The van der Waals surface area contributed by atoms with Crippen molar-refractivity contribution < 1.29 is 14.3 Å². The summed E-state index contributed by atoms with van der Waals surface area (Å²) in [6, 6.07) is 0. The lowest BCUT2D eigenvalue weighted by molar-refractivity contribution is -0.147. The van der Waals surface area contributed by atoms with Crippen LogP contribution in [0, 0.1) is 5.92 Å². The minimum atomic E-state index is -0.945. The van der Waals surface area contributed by atoms with Gasteiger partial charge in [-0.2, -0.15) is 0 Å². The summed E-state index contributed by atoms with van der Waals surface area (Å²) in [7, 11) is 0. The van der Waals surface area contributed by atoms with Crippen LogP contribution in [0.5, 0.6) is 0 Å². The van der Waals surface area contributed by atoms with Crippen LogP contribution >= 0.6 is 11.6 Å². The Balaban J connectivity index is 2.02. The molecule has 0 radical (unpaired) electrons. The van der Waals surface area contributed by atoms with Gasteiger partial charge in [-0.25, -0.2) is 0 Å². The highest BCUT2D eigenvalue weighted by Gasteiger charge is 2.61. The third kappa shape index (κ3) is 1.42. The number of alkyl halides is 1. The first-order valence-corrected chi connectivity index (χ1v) is 5.00. The van der Waals surface area contributed by atoms with Gasteiger partial charge >= 0.3 is 5.97 Å². The zero-order valence-electron chi connectivity index (χ0n) is 7.83. The minimum absolute atomic E-state index is 0.318. The Morgan fingerprint density at radius 1 is 1.79 bits per heavy atom. The number of rotatable bonds is 3. The van der Waals surface area contributed by atoms with Crippen molar-refractivity contribution in [3.05, 3.63) is 24.0 Å². The summed E-state index contributed by atoms with van der Waals surface area (Å²) in [6.07, 6.45) is 6.04. The number of epoxide rings is 1. The van der Waals surface area contributed by atoms with Crippen LogP contribution in [0.3, 0.4) is 0 Å². The van der Waals surface area contributed by atoms with Crippen LogP contribution in [0.25, 0.3) is 0 Å². The van der Waals surface area contributed by atoms with Crippen molar-refractivity contribution in [3.63, 3.8) is 0 Å². The van der Waals surface area contributed by atoms with Crippen LogP contribution in [-0.4, -0.2) is 17.6 Å². The van der Waals surface area contributed by atoms with Crippen molar-refractivity contribution in [2.24, 2.45) is 5.92 Å². The smallest absolute Gasteiger partial charge is 0.318 e. The van der Waals surface area contributed by atoms with Gasteiger partial charge in [-0.15, -0.1) is 0 Å². The molecule has 14 heavy (non-hydrogen) atoms. The third-order valence-corrected chi connectivity index (χ3v) is 2.70. The molecule has 0 saturated carbocycles. The van der Waals surface area contributed by atoms with Gasteiger partial charge in [0.05, 0.1) is 6.61 Å². The zero-order valence-corrected chi connectivity index (χ0v) is 8.58. The van der Waals surface area contributed by atoms with Crippen LogP contribution in [-0.2, 0) is 14.3 Å². The summed E-state index contributed by atoms with van der Waals surface area (Å²) in [4.78, 5) is 11.5. The molecule has 0 bridgehead atoms. The predicted molar refractivity (Wildman–Crippen MR) is 51.6 cm³/mol. The molecule has 2 atom stereocenters. The molecule has 1 saturated heterocycles. The van der Waals surface area contributed by atoms with Gasteiger partial charge in [0.1, 0.15) is 5.92 Å². The van der Waals surface area contributed by atoms with Crippen molar-refractivity contribution >= 4 is 17.6 Å². The molecule has 2 rings (SSSR count). The number of carbonyl (C=O) groups is 1. The first-order valence-electron chi connectivity index (χ1n) is 4.62. The third-order valence-electron chi connectivity index (χ3n) is 2.21. The number of allylic oxidation sites excluding steroid dienone is 2. The fourth-order valence-electron chi connectivity index (χ4n) is 1.40. The summed E-state index contributed by atoms with van der Waals surface area (Å²) < 4.78 is 10.2. The summed E-state index contributed by atoms with van der Waals surface area (Å²) in [5.74, 6) is -0.169. The van der Waals surface area contributed by atoms with E-state index in [0.717, 1.165) is 6.42 Å². The minimum Gasteiger partial charge on any atom is -0.465 e. The van der Waals surface area contributed by atoms with E-state index in [4.69, 9.17) is 21.1 Å². The highest BCUT2D eigenvalue weighted by Crippen LogP contribution is 2.53. The molecule has 0 aromatic heterocycles. The van der Waals surface area contributed by atoms with E-state index in [1.54, 1.807) is 18.2 Å². The Labute approximate surface area is 87.3 Å². The van der Waals surface area contributed by atoms with Gasteiger partial charge in [0.15, 0.2) is 5.76 Å². The topological polar surface area (TPSA) is 38.8 Å². The number of halogens is 1. The van der Waals surface area contributed by atoms with E-state index < -0.39 is 11.0 Å². The molecule has 1 aliphatic heterocycles. The van der Waals surface area contributed by atoms with Gasteiger partial charge in [-0.1, -0.05) is 30.7 Å². The fourth-order valence-corrected chi connectivity index (χ4v) is 1.71. The molecule has 4 heteroatoms. The summed E-state index contributed by atoms with van der Waals surface area (Å²) >= 11 is 6.04. The Bertz CT molecular complexity index is 321. The molecule has 2 unspecified atom stereocenters. The molecule has 0 amide bonds. The number of esters is 1. The second-order valence-electron chi connectivity index (χ2n) is 3.31. The second kappa shape index (κ2) is 3.31. The summed E-state index contributed by atoms with van der Waals surface area (Å²) in [6.45, 7) is 2.37. The maximum absolute atomic E-state index is 11.5. The van der Waals surface area contributed by atoms with Gasteiger partial charge in [-0.3, -0.25) is 4.79 Å². The standard InChI is InChI=1S/C10H11ClO3/c1-2-6-13-9(12)7-4-3-5-8-10(7,11)14-8/h3-5,7H,2,6H2,1H3. The van der Waals surface area contributed by atoms with E-state index in [1.807, 2.05) is 6.92 Å². The molecule has 0 spiro atoms. The normalized spacial score (nSPS) is 32.7. The lowest BCUT2D eigenvalue weighted by Crippen LogP contribution is -2.28. The number of hydrogen-bond donors (Lipinski definition) is 0. The first kappa shape index (κ1) is 9.59. The molecule has 1 aliphatic carbocycles. The van der Waals surface area contributed by atoms with Crippen molar-refractivity contribution in [2.75, 3.05) is 6.61 Å². The van der Waals surface area contributed by atoms with E-state index in [0.29, 0.717) is 12.4 Å². The van der Waals surface area contributed by atoms with Crippen molar-refractivity contribution in [2.45, 2.75) is 18.4 Å². The zero-order chi connectivity index (χ0) is 10.2.